The van der Waals surface area contributed by atoms with Gasteiger partial charge in [-0.15, -0.1) is 10.2 Å². The Labute approximate surface area is 106 Å². The molecule has 1 aromatic heterocycles. The van der Waals surface area contributed by atoms with E-state index in [9.17, 15) is 0 Å². The Bertz CT molecular complexity index is 358. The third-order valence-electron chi connectivity index (χ3n) is 3.43. The van der Waals surface area contributed by atoms with Crippen molar-refractivity contribution in [3.05, 3.63) is 11.8 Å². The summed E-state index contributed by atoms with van der Waals surface area (Å²) in [5.74, 6) is 4.90. The maximum absolute atomic E-state index is 5.67. The molecule has 3 rings (SSSR count). The standard InChI is InChI=1S/C12H19N3OS/c1-2-10(1)13-8-12-15-14-11(16-12)7-9-3-5-17-6-4-9/h9-10,13H,1-8H2. The van der Waals surface area contributed by atoms with Crippen LogP contribution in [-0.4, -0.2) is 27.7 Å². The van der Waals surface area contributed by atoms with Gasteiger partial charge in [0.15, 0.2) is 0 Å². The van der Waals surface area contributed by atoms with E-state index in [1.807, 2.05) is 0 Å². The van der Waals surface area contributed by atoms with Crippen molar-refractivity contribution in [2.45, 2.75) is 44.7 Å². The van der Waals surface area contributed by atoms with E-state index in [0.29, 0.717) is 6.04 Å². The molecule has 1 saturated heterocycles. The van der Waals surface area contributed by atoms with E-state index in [1.54, 1.807) is 0 Å². The van der Waals surface area contributed by atoms with Crippen LogP contribution < -0.4 is 5.32 Å². The molecule has 0 atom stereocenters. The lowest BCUT2D eigenvalue weighted by atomic mass is 9.99. The average molecular weight is 253 g/mol. The minimum atomic E-state index is 0.695. The van der Waals surface area contributed by atoms with Gasteiger partial charge in [-0.05, 0) is 43.1 Å². The maximum Gasteiger partial charge on any atom is 0.230 e. The SMILES string of the molecule is C1CC(Cc2nnc(CNC3CC3)o2)CCS1. The van der Waals surface area contributed by atoms with E-state index >= 15 is 0 Å². The van der Waals surface area contributed by atoms with Crippen LogP contribution in [0.4, 0.5) is 0 Å². The first-order chi connectivity index (χ1) is 8.40. The highest BCUT2D eigenvalue weighted by Gasteiger charge is 2.21. The molecule has 2 fully saturated rings. The normalized spacial score (nSPS) is 21.9. The Kier molecular flexibility index (Phi) is 3.66. The van der Waals surface area contributed by atoms with Crippen LogP contribution in [0.5, 0.6) is 0 Å². The van der Waals surface area contributed by atoms with Crippen LogP contribution >= 0.6 is 11.8 Å². The van der Waals surface area contributed by atoms with Crippen LogP contribution in [-0.2, 0) is 13.0 Å². The highest BCUT2D eigenvalue weighted by molar-refractivity contribution is 7.99. The number of rotatable bonds is 5. The molecule has 1 aliphatic heterocycles. The molecule has 1 aromatic rings. The minimum Gasteiger partial charge on any atom is -0.424 e. The molecule has 1 aliphatic carbocycles. The van der Waals surface area contributed by atoms with E-state index in [2.05, 4.69) is 27.3 Å². The van der Waals surface area contributed by atoms with Crippen molar-refractivity contribution >= 4 is 11.8 Å². The van der Waals surface area contributed by atoms with Gasteiger partial charge in [0.1, 0.15) is 0 Å². The lowest BCUT2D eigenvalue weighted by molar-refractivity contribution is 0.384. The summed E-state index contributed by atoms with van der Waals surface area (Å²) in [5, 5.41) is 11.6. The Morgan fingerprint density at radius 3 is 2.65 bits per heavy atom. The Morgan fingerprint density at radius 2 is 1.88 bits per heavy atom. The first-order valence-corrected chi connectivity index (χ1v) is 7.68. The molecule has 2 heterocycles. The molecule has 1 N–H and O–H groups in total. The summed E-state index contributed by atoms with van der Waals surface area (Å²) >= 11 is 2.06. The summed E-state index contributed by atoms with van der Waals surface area (Å²) < 4.78 is 5.67. The van der Waals surface area contributed by atoms with E-state index in [4.69, 9.17) is 4.42 Å². The molecule has 17 heavy (non-hydrogen) atoms. The highest BCUT2D eigenvalue weighted by Crippen LogP contribution is 2.25. The summed E-state index contributed by atoms with van der Waals surface area (Å²) in [6.07, 6.45) is 6.14. The molecule has 5 heteroatoms. The van der Waals surface area contributed by atoms with Gasteiger partial charge in [0.25, 0.3) is 0 Å². The summed E-state index contributed by atoms with van der Waals surface area (Å²) in [6, 6.07) is 0.695. The summed E-state index contributed by atoms with van der Waals surface area (Å²) in [4.78, 5) is 0. The fourth-order valence-electron chi connectivity index (χ4n) is 2.16. The topological polar surface area (TPSA) is 51.0 Å². The van der Waals surface area contributed by atoms with Gasteiger partial charge in [0.05, 0.1) is 6.54 Å². The average Bonchev–Trinajstić information content (AvgIpc) is 3.09. The van der Waals surface area contributed by atoms with Crippen molar-refractivity contribution in [3.8, 4) is 0 Å². The molecule has 1 saturated carbocycles. The summed E-state index contributed by atoms with van der Waals surface area (Å²) in [6.45, 7) is 0.734. The van der Waals surface area contributed by atoms with Crippen LogP contribution in [0.1, 0.15) is 37.5 Å². The predicted octanol–water partition coefficient (Wildman–Crippen LogP) is 2.01. The molecule has 0 unspecified atom stereocenters. The Balaban J connectivity index is 1.48. The Hall–Kier alpha value is -0.550. The number of aromatic nitrogens is 2. The zero-order valence-corrected chi connectivity index (χ0v) is 10.8. The van der Waals surface area contributed by atoms with Crippen LogP contribution in [0.3, 0.4) is 0 Å². The first-order valence-electron chi connectivity index (χ1n) is 6.52. The third-order valence-corrected chi connectivity index (χ3v) is 4.48. The van der Waals surface area contributed by atoms with Crippen molar-refractivity contribution in [2.24, 2.45) is 5.92 Å². The van der Waals surface area contributed by atoms with Gasteiger partial charge in [0, 0.05) is 12.5 Å². The minimum absolute atomic E-state index is 0.695. The van der Waals surface area contributed by atoms with Gasteiger partial charge < -0.3 is 9.73 Å². The largest absolute Gasteiger partial charge is 0.424 e. The summed E-state index contributed by atoms with van der Waals surface area (Å²) in [7, 11) is 0. The lowest BCUT2D eigenvalue weighted by Crippen LogP contribution is -2.15. The lowest BCUT2D eigenvalue weighted by Gasteiger charge is -2.19. The predicted molar refractivity (Wildman–Crippen MR) is 67.9 cm³/mol. The van der Waals surface area contributed by atoms with Crippen molar-refractivity contribution in [2.75, 3.05) is 11.5 Å². The molecule has 0 amide bonds. The van der Waals surface area contributed by atoms with E-state index in [-0.39, 0.29) is 0 Å². The number of nitrogens with zero attached hydrogens (tertiary/aromatic N) is 2. The molecule has 94 valence electrons. The molecule has 0 bridgehead atoms. The van der Waals surface area contributed by atoms with Gasteiger partial charge >= 0.3 is 0 Å². The van der Waals surface area contributed by atoms with Crippen molar-refractivity contribution in [1.82, 2.24) is 15.5 Å². The van der Waals surface area contributed by atoms with Crippen LogP contribution in [0, 0.1) is 5.92 Å². The van der Waals surface area contributed by atoms with Gasteiger partial charge in [-0.1, -0.05) is 0 Å². The van der Waals surface area contributed by atoms with Gasteiger partial charge in [-0.2, -0.15) is 11.8 Å². The molecule has 2 aliphatic rings. The number of hydrogen-bond donors (Lipinski definition) is 1. The van der Waals surface area contributed by atoms with E-state index in [1.165, 1.54) is 37.2 Å². The molecule has 0 radical (unpaired) electrons. The summed E-state index contributed by atoms with van der Waals surface area (Å²) in [5.41, 5.74) is 0. The fourth-order valence-corrected chi connectivity index (χ4v) is 3.36. The third kappa shape index (κ3) is 3.45. The van der Waals surface area contributed by atoms with Gasteiger partial charge in [-0.25, -0.2) is 0 Å². The first kappa shape index (κ1) is 11.5. The second kappa shape index (κ2) is 5.40. The smallest absolute Gasteiger partial charge is 0.230 e. The van der Waals surface area contributed by atoms with E-state index < -0.39 is 0 Å². The Morgan fingerprint density at radius 1 is 1.12 bits per heavy atom. The quantitative estimate of drug-likeness (QED) is 0.870. The molecular weight excluding hydrogens is 234 g/mol. The van der Waals surface area contributed by atoms with Crippen LogP contribution in [0.2, 0.25) is 0 Å². The van der Waals surface area contributed by atoms with Gasteiger partial charge in [0.2, 0.25) is 11.8 Å². The van der Waals surface area contributed by atoms with Crippen molar-refractivity contribution in [3.63, 3.8) is 0 Å². The van der Waals surface area contributed by atoms with Crippen molar-refractivity contribution in [1.29, 1.82) is 0 Å². The second-order valence-electron chi connectivity index (χ2n) is 5.00. The van der Waals surface area contributed by atoms with E-state index in [0.717, 1.165) is 30.7 Å². The molecule has 0 aromatic carbocycles. The molecule has 4 nitrogen and oxygen atoms in total. The zero-order chi connectivity index (χ0) is 11.5. The van der Waals surface area contributed by atoms with Crippen LogP contribution in [0.25, 0.3) is 0 Å². The van der Waals surface area contributed by atoms with Gasteiger partial charge in [-0.3, -0.25) is 0 Å². The van der Waals surface area contributed by atoms with Crippen molar-refractivity contribution < 1.29 is 4.42 Å². The fraction of sp³-hybridized carbons (Fsp3) is 0.833. The molecule has 0 spiro atoms. The highest BCUT2D eigenvalue weighted by atomic mass is 32.2. The maximum atomic E-state index is 5.67. The number of thioether (sulfide) groups is 1. The second-order valence-corrected chi connectivity index (χ2v) is 6.23. The zero-order valence-electron chi connectivity index (χ0n) is 10.0. The molecular formula is C12H19N3OS. The van der Waals surface area contributed by atoms with Crippen LogP contribution in [0.15, 0.2) is 4.42 Å². The monoisotopic (exact) mass is 253 g/mol. The number of hydrogen-bond acceptors (Lipinski definition) is 5. The number of nitrogens with one attached hydrogen (secondary N) is 1.